The van der Waals surface area contributed by atoms with Crippen LogP contribution in [-0.2, 0) is 0 Å². The third-order valence-corrected chi connectivity index (χ3v) is 3.70. The van der Waals surface area contributed by atoms with E-state index in [9.17, 15) is 0 Å². The number of pyridine rings is 1. The van der Waals surface area contributed by atoms with E-state index in [1.807, 2.05) is 49.6 Å². The fourth-order valence-electron chi connectivity index (χ4n) is 2.69. The van der Waals surface area contributed by atoms with E-state index in [-0.39, 0.29) is 0 Å². The second-order valence-electron chi connectivity index (χ2n) is 5.13. The molecular formula is C18H14N4. The molecule has 0 amide bonds. The van der Waals surface area contributed by atoms with Gasteiger partial charge in [-0.3, -0.25) is 4.98 Å². The van der Waals surface area contributed by atoms with Crippen molar-refractivity contribution in [1.82, 2.24) is 19.5 Å². The van der Waals surface area contributed by atoms with Gasteiger partial charge in [0.05, 0.1) is 5.52 Å². The van der Waals surface area contributed by atoms with Crippen LogP contribution in [0, 0.1) is 6.92 Å². The summed E-state index contributed by atoms with van der Waals surface area (Å²) in [6.07, 6.45) is 7.61. The van der Waals surface area contributed by atoms with E-state index >= 15 is 0 Å². The molecule has 0 radical (unpaired) electrons. The number of rotatable bonds is 2. The topological polar surface area (TPSA) is 43.6 Å². The molecule has 4 rings (SSSR count). The number of fused-ring (bicyclic) bond motifs is 1. The average molecular weight is 286 g/mol. The van der Waals surface area contributed by atoms with Crippen LogP contribution >= 0.6 is 0 Å². The van der Waals surface area contributed by atoms with Crippen LogP contribution in [0.25, 0.3) is 27.8 Å². The van der Waals surface area contributed by atoms with Crippen molar-refractivity contribution in [1.29, 1.82) is 0 Å². The highest BCUT2D eigenvalue weighted by Crippen LogP contribution is 2.31. The van der Waals surface area contributed by atoms with Crippen LogP contribution in [0.5, 0.6) is 0 Å². The molecule has 3 heterocycles. The third kappa shape index (κ3) is 2.05. The van der Waals surface area contributed by atoms with Gasteiger partial charge in [-0.1, -0.05) is 30.3 Å². The van der Waals surface area contributed by atoms with Crippen LogP contribution in [0.15, 0.2) is 67.3 Å². The van der Waals surface area contributed by atoms with E-state index in [1.54, 1.807) is 6.20 Å². The first-order valence-electron chi connectivity index (χ1n) is 7.13. The van der Waals surface area contributed by atoms with Crippen LogP contribution in [0.1, 0.15) is 5.82 Å². The lowest BCUT2D eigenvalue weighted by atomic mass is 10.1. The van der Waals surface area contributed by atoms with Gasteiger partial charge in [-0.2, -0.15) is 0 Å². The summed E-state index contributed by atoms with van der Waals surface area (Å²) in [6, 6.07) is 14.3. The maximum atomic E-state index is 4.53. The van der Waals surface area contributed by atoms with Gasteiger partial charge in [-0.05, 0) is 24.6 Å². The number of aryl methyl sites for hydroxylation is 1. The highest BCUT2D eigenvalue weighted by molar-refractivity contribution is 5.96. The number of hydrogen-bond acceptors (Lipinski definition) is 3. The quantitative estimate of drug-likeness (QED) is 0.563. The summed E-state index contributed by atoms with van der Waals surface area (Å²) in [7, 11) is 0. The highest BCUT2D eigenvalue weighted by Gasteiger charge is 2.12. The van der Waals surface area contributed by atoms with Crippen LogP contribution in [0.4, 0.5) is 0 Å². The summed E-state index contributed by atoms with van der Waals surface area (Å²) in [5, 5.41) is 1.12. The molecule has 4 aromatic rings. The Balaban J connectivity index is 2.01. The van der Waals surface area contributed by atoms with E-state index in [4.69, 9.17) is 0 Å². The molecule has 0 saturated carbocycles. The maximum Gasteiger partial charge on any atom is 0.140 e. The van der Waals surface area contributed by atoms with Crippen LogP contribution in [-0.4, -0.2) is 19.5 Å². The van der Waals surface area contributed by atoms with Crippen molar-refractivity contribution in [3.63, 3.8) is 0 Å². The van der Waals surface area contributed by atoms with Crippen molar-refractivity contribution in [3.8, 4) is 16.9 Å². The maximum absolute atomic E-state index is 4.53. The Morgan fingerprint density at radius 3 is 2.64 bits per heavy atom. The van der Waals surface area contributed by atoms with Crippen molar-refractivity contribution in [2.45, 2.75) is 6.92 Å². The Bertz CT molecular complexity index is 942. The predicted octanol–water partition coefficient (Wildman–Crippen LogP) is 3.79. The van der Waals surface area contributed by atoms with Crippen molar-refractivity contribution < 1.29 is 0 Å². The Morgan fingerprint density at radius 1 is 0.955 bits per heavy atom. The Labute approximate surface area is 128 Å². The molecule has 0 N–H and O–H groups in total. The fraction of sp³-hybridized carbons (Fsp3) is 0.0556. The monoisotopic (exact) mass is 286 g/mol. The van der Waals surface area contributed by atoms with Crippen molar-refractivity contribution in [2.24, 2.45) is 0 Å². The molecule has 22 heavy (non-hydrogen) atoms. The number of aromatic nitrogens is 4. The smallest absolute Gasteiger partial charge is 0.140 e. The van der Waals surface area contributed by atoms with Gasteiger partial charge >= 0.3 is 0 Å². The van der Waals surface area contributed by atoms with Gasteiger partial charge in [0.1, 0.15) is 11.6 Å². The van der Waals surface area contributed by atoms with Crippen LogP contribution in [0.3, 0.4) is 0 Å². The zero-order valence-electron chi connectivity index (χ0n) is 12.1. The number of benzene rings is 1. The Kier molecular flexibility index (Phi) is 2.93. The van der Waals surface area contributed by atoms with Crippen molar-refractivity contribution in [3.05, 3.63) is 73.1 Å². The standard InChI is InChI=1S/C18H14N4/c1-13-20-10-8-18(21-13)22-12-16(14-5-3-2-4-6-14)15-11-19-9-7-17(15)22/h2-12H,1H3. The lowest BCUT2D eigenvalue weighted by Gasteiger charge is -2.04. The minimum Gasteiger partial charge on any atom is -0.300 e. The third-order valence-electron chi connectivity index (χ3n) is 3.70. The first-order chi connectivity index (χ1) is 10.8. The lowest BCUT2D eigenvalue weighted by molar-refractivity contribution is 0.964. The molecule has 1 aromatic carbocycles. The number of nitrogens with zero attached hydrogens (tertiary/aromatic N) is 4. The molecule has 106 valence electrons. The molecule has 0 bridgehead atoms. The summed E-state index contributed by atoms with van der Waals surface area (Å²) in [5.41, 5.74) is 3.41. The molecule has 0 atom stereocenters. The summed E-state index contributed by atoms with van der Waals surface area (Å²) in [4.78, 5) is 13.0. The fourth-order valence-corrected chi connectivity index (χ4v) is 2.69. The normalized spacial score (nSPS) is 11.0. The van der Waals surface area contributed by atoms with Gasteiger partial charge < -0.3 is 4.57 Å². The van der Waals surface area contributed by atoms with Gasteiger partial charge in [0.2, 0.25) is 0 Å². The van der Waals surface area contributed by atoms with E-state index in [2.05, 4.69) is 37.8 Å². The largest absolute Gasteiger partial charge is 0.300 e. The molecule has 0 spiro atoms. The van der Waals surface area contributed by atoms with E-state index in [0.717, 1.165) is 28.1 Å². The first kappa shape index (κ1) is 12.7. The molecular weight excluding hydrogens is 272 g/mol. The minimum atomic E-state index is 0.759. The molecule has 0 fully saturated rings. The predicted molar refractivity (Wildman–Crippen MR) is 86.8 cm³/mol. The Hall–Kier alpha value is -3.01. The van der Waals surface area contributed by atoms with Gasteiger partial charge in [-0.15, -0.1) is 0 Å². The number of hydrogen-bond donors (Lipinski definition) is 0. The summed E-state index contributed by atoms with van der Waals surface area (Å²) >= 11 is 0. The van der Waals surface area contributed by atoms with Crippen molar-refractivity contribution in [2.75, 3.05) is 0 Å². The van der Waals surface area contributed by atoms with Gasteiger partial charge in [0.25, 0.3) is 0 Å². The minimum absolute atomic E-state index is 0.759. The molecule has 4 heteroatoms. The van der Waals surface area contributed by atoms with Crippen molar-refractivity contribution >= 4 is 10.9 Å². The van der Waals surface area contributed by atoms with E-state index in [0.29, 0.717) is 0 Å². The molecule has 0 unspecified atom stereocenters. The van der Waals surface area contributed by atoms with E-state index < -0.39 is 0 Å². The zero-order valence-corrected chi connectivity index (χ0v) is 12.1. The molecule has 0 saturated heterocycles. The van der Waals surface area contributed by atoms with E-state index in [1.165, 1.54) is 5.56 Å². The second kappa shape index (κ2) is 5.07. The zero-order chi connectivity index (χ0) is 14.9. The SMILES string of the molecule is Cc1nccc(-n2cc(-c3ccccc3)c3cnccc32)n1. The first-order valence-corrected chi connectivity index (χ1v) is 7.13. The average Bonchev–Trinajstić information content (AvgIpc) is 2.95. The summed E-state index contributed by atoms with van der Waals surface area (Å²) in [5.74, 6) is 1.63. The summed E-state index contributed by atoms with van der Waals surface area (Å²) < 4.78 is 2.09. The molecule has 3 aromatic heterocycles. The molecule has 0 aliphatic rings. The molecule has 0 aliphatic carbocycles. The molecule has 4 nitrogen and oxygen atoms in total. The summed E-state index contributed by atoms with van der Waals surface area (Å²) in [6.45, 7) is 1.90. The Morgan fingerprint density at radius 2 is 1.82 bits per heavy atom. The highest BCUT2D eigenvalue weighted by atomic mass is 15.1. The van der Waals surface area contributed by atoms with Gasteiger partial charge in [0.15, 0.2) is 0 Å². The molecule has 0 aliphatic heterocycles. The van der Waals surface area contributed by atoms with Gasteiger partial charge in [0, 0.05) is 35.7 Å². The van der Waals surface area contributed by atoms with Crippen LogP contribution < -0.4 is 0 Å². The lowest BCUT2D eigenvalue weighted by Crippen LogP contribution is -1.98. The second-order valence-corrected chi connectivity index (χ2v) is 5.13. The van der Waals surface area contributed by atoms with Gasteiger partial charge in [-0.25, -0.2) is 9.97 Å². The van der Waals surface area contributed by atoms with Crippen LogP contribution in [0.2, 0.25) is 0 Å².